The van der Waals surface area contributed by atoms with Crippen molar-refractivity contribution in [2.24, 2.45) is 0 Å². The third-order valence-corrected chi connectivity index (χ3v) is 6.84. The third kappa shape index (κ3) is 4.07. The summed E-state index contributed by atoms with van der Waals surface area (Å²) in [7, 11) is 0. The Morgan fingerprint density at radius 2 is 1.59 bits per heavy atom. The first-order valence-electron chi connectivity index (χ1n) is 9.63. The molecule has 0 saturated carbocycles. The van der Waals surface area contributed by atoms with Crippen LogP contribution in [0.3, 0.4) is 0 Å². The van der Waals surface area contributed by atoms with E-state index in [0.29, 0.717) is 26.6 Å². The number of halogens is 3. The van der Waals surface area contributed by atoms with E-state index in [-0.39, 0.29) is 5.91 Å². The van der Waals surface area contributed by atoms with E-state index in [1.807, 2.05) is 36.4 Å². The lowest BCUT2D eigenvalue weighted by molar-refractivity contribution is -0.113. The summed E-state index contributed by atoms with van der Waals surface area (Å²) in [4.78, 5) is 16.9. The van der Waals surface area contributed by atoms with Crippen molar-refractivity contribution in [1.29, 1.82) is 0 Å². The number of nitrogens with zero attached hydrogens (tertiary/aromatic N) is 1. The first kappa shape index (κ1) is 21.2. The molecule has 1 aliphatic heterocycles. The van der Waals surface area contributed by atoms with Crippen LogP contribution < -0.4 is 4.90 Å². The zero-order valence-corrected chi connectivity index (χ0v) is 19.5. The van der Waals surface area contributed by atoms with Gasteiger partial charge in [-0.3, -0.25) is 9.69 Å². The van der Waals surface area contributed by atoms with Crippen LogP contribution in [0, 0.1) is 0 Å². The number of amides is 1. The van der Waals surface area contributed by atoms with Gasteiger partial charge in [0.1, 0.15) is 11.5 Å². The minimum atomic E-state index is -0.205. The maximum Gasteiger partial charge on any atom is 0.255 e. The molecular weight excluding hydrogens is 485 g/mol. The van der Waals surface area contributed by atoms with Gasteiger partial charge in [0.15, 0.2) is 0 Å². The van der Waals surface area contributed by atoms with Crippen LogP contribution in [0.25, 0.3) is 17.4 Å². The van der Waals surface area contributed by atoms with Crippen molar-refractivity contribution in [3.63, 3.8) is 0 Å². The van der Waals surface area contributed by atoms with Gasteiger partial charge in [-0.2, -0.15) is 0 Å². The minimum Gasteiger partial charge on any atom is -0.457 e. The van der Waals surface area contributed by atoms with Crippen molar-refractivity contribution >= 4 is 69.9 Å². The number of fused-ring (bicyclic) bond motifs is 2. The van der Waals surface area contributed by atoms with Crippen LogP contribution in [0.5, 0.6) is 0 Å². The summed E-state index contributed by atoms with van der Waals surface area (Å²) < 4.78 is 5.88. The van der Waals surface area contributed by atoms with E-state index in [0.717, 1.165) is 26.7 Å². The lowest BCUT2D eigenvalue weighted by Crippen LogP contribution is -2.26. The summed E-state index contributed by atoms with van der Waals surface area (Å²) in [5.41, 5.74) is 2.30. The smallest absolute Gasteiger partial charge is 0.255 e. The fraction of sp³-hybridized carbons (Fsp3) is 0. The molecule has 0 fully saturated rings. The molecule has 3 aromatic carbocycles. The summed E-state index contributed by atoms with van der Waals surface area (Å²) >= 11 is 20.1. The molecule has 0 spiro atoms. The molecule has 5 rings (SSSR count). The molecule has 7 heteroatoms. The normalized spacial score (nSPS) is 12.7. The number of furan rings is 1. The van der Waals surface area contributed by atoms with Crippen LogP contribution in [0.2, 0.25) is 15.1 Å². The van der Waals surface area contributed by atoms with Gasteiger partial charge in [-0.25, -0.2) is 0 Å². The number of carbonyl (C=O) groups excluding carboxylic acids is 1. The lowest BCUT2D eigenvalue weighted by atomic mass is 10.2. The molecule has 0 unspecified atom stereocenters. The Labute approximate surface area is 204 Å². The van der Waals surface area contributed by atoms with Crippen LogP contribution in [0.4, 0.5) is 11.4 Å². The number of para-hydroxylation sites is 1. The van der Waals surface area contributed by atoms with Gasteiger partial charge in [-0.05, 0) is 66.7 Å². The average Bonchev–Trinajstić information content (AvgIpc) is 3.24. The number of carbonyl (C=O) groups is 1. The molecule has 1 aromatic heterocycles. The van der Waals surface area contributed by atoms with E-state index >= 15 is 0 Å². The zero-order chi connectivity index (χ0) is 22.2. The molecule has 3 nitrogen and oxygen atoms in total. The monoisotopic (exact) mass is 497 g/mol. The highest BCUT2D eigenvalue weighted by Gasteiger charge is 2.27. The van der Waals surface area contributed by atoms with E-state index in [4.69, 9.17) is 39.2 Å². The molecule has 0 aliphatic carbocycles. The molecule has 1 aliphatic rings. The number of benzene rings is 3. The first-order chi connectivity index (χ1) is 15.5. The van der Waals surface area contributed by atoms with Gasteiger partial charge in [0.2, 0.25) is 0 Å². The van der Waals surface area contributed by atoms with Crippen LogP contribution in [-0.4, -0.2) is 5.91 Å². The molecule has 2 heterocycles. The summed E-state index contributed by atoms with van der Waals surface area (Å²) in [5.74, 6) is 0.921. The van der Waals surface area contributed by atoms with Gasteiger partial charge < -0.3 is 4.42 Å². The van der Waals surface area contributed by atoms with E-state index in [2.05, 4.69) is 0 Å². The van der Waals surface area contributed by atoms with Gasteiger partial charge in [0.05, 0.1) is 16.4 Å². The Bertz CT molecular complexity index is 1380. The molecule has 0 saturated heterocycles. The quantitative estimate of drug-likeness (QED) is 0.265. The Balaban J connectivity index is 1.46. The van der Waals surface area contributed by atoms with Crippen molar-refractivity contribution in [2.45, 2.75) is 9.79 Å². The van der Waals surface area contributed by atoms with Gasteiger partial charge in [0, 0.05) is 31.5 Å². The number of rotatable bonds is 3. The summed E-state index contributed by atoms with van der Waals surface area (Å²) in [6, 6.07) is 22.1. The first-order valence-corrected chi connectivity index (χ1v) is 11.6. The van der Waals surface area contributed by atoms with Crippen LogP contribution >= 0.6 is 46.6 Å². The predicted octanol–water partition coefficient (Wildman–Crippen LogP) is 8.75. The molecule has 1 amide bonds. The van der Waals surface area contributed by atoms with E-state index in [1.165, 1.54) is 6.08 Å². The lowest BCUT2D eigenvalue weighted by Gasteiger charge is -2.30. The fourth-order valence-corrected chi connectivity index (χ4v) is 5.18. The van der Waals surface area contributed by atoms with Crippen molar-refractivity contribution in [2.75, 3.05) is 4.90 Å². The highest BCUT2D eigenvalue weighted by molar-refractivity contribution is 7.99. The van der Waals surface area contributed by atoms with Gasteiger partial charge in [0.25, 0.3) is 5.91 Å². The van der Waals surface area contributed by atoms with E-state index in [9.17, 15) is 4.79 Å². The van der Waals surface area contributed by atoms with E-state index in [1.54, 1.807) is 59.1 Å². The molecule has 4 aromatic rings. The Kier molecular flexibility index (Phi) is 5.78. The molecule has 0 radical (unpaired) electrons. The summed E-state index contributed by atoms with van der Waals surface area (Å²) in [6.45, 7) is 0. The number of hydrogen-bond donors (Lipinski definition) is 0. The molecule has 0 atom stereocenters. The third-order valence-electron chi connectivity index (χ3n) is 4.92. The Morgan fingerprint density at radius 1 is 0.844 bits per heavy atom. The number of anilines is 2. The maximum atomic E-state index is 13.3. The van der Waals surface area contributed by atoms with Crippen molar-refractivity contribution in [3.8, 4) is 11.3 Å². The van der Waals surface area contributed by atoms with Crippen molar-refractivity contribution < 1.29 is 9.21 Å². The predicted molar refractivity (Wildman–Crippen MR) is 132 cm³/mol. The van der Waals surface area contributed by atoms with Crippen LogP contribution in [0.1, 0.15) is 5.76 Å². The Morgan fingerprint density at radius 3 is 2.44 bits per heavy atom. The molecule has 0 bridgehead atoms. The van der Waals surface area contributed by atoms with Crippen LogP contribution in [-0.2, 0) is 4.79 Å². The van der Waals surface area contributed by atoms with Crippen molar-refractivity contribution in [3.05, 3.63) is 99.7 Å². The second-order valence-corrected chi connectivity index (χ2v) is 9.38. The largest absolute Gasteiger partial charge is 0.457 e. The highest BCUT2D eigenvalue weighted by Crippen LogP contribution is 2.48. The van der Waals surface area contributed by atoms with Gasteiger partial charge >= 0.3 is 0 Å². The zero-order valence-electron chi connectivity index (χ0n) is 16.4. The topological polar surface area (TPSA) is 33.5 Å². The average molecular weight is 499 g/mol. The fourth-order valence-electron chi connectivity index (χ4n) is 3.47. The highest BCUT2D eigenvalue weighted by atomic mass is 35.5. The summed E-state index contributed by atoms with van der Waals surface area (Å²) in [5, 5.41) is 1.62. The second kappa shape index (κ2) is 8.72. The second-order valence-electron chi connectivity index (χ2n) is 7.01. The maximum absolute atomic E-state index is 13.3. The van der Waals surface area contributed by atoms with Gasteiger partial charge in [-0.1, -0.05) is 58.7 Å². The van der Waals surface area contributed by atoms with Crippen molar-refractivity contribution in [1.82, 2.24) is 0 Å². The molecule has 32 heavy (non-hydrogen) atoms. The minimum absolute atomic E-state index is 0.205. The Hall–Kier alpha value is -2.63. The SMILES string of the molecule is O=C(C=Cc1ccc(-c2ccc(Cl)cc2Cl)o1)N1c2ccccc2Sc2ccc(Cl)cc21. The number of hydrogen-bond acceptors (Lipinski definition) is 3. The summed E-state index contributed by atoms with van der Waals surface area (Å²) in [6.07, 6.45) is 3.13. The van der Waals surface area contributed by atoms with Crippen LogP contribution in [0.15, 0.2) is 93.1 Å². The molecule has 0 N–H and O–H groups in total. The molecular formula is C25H14Cl3NO2S. The van der Waals surface area contributed by atoms with Gasteiger partial charge in [-0.15, -0.1) is 0 Å². The van der Waals surface area contributed by atoms with E-state index < -0.39 is 0 Å². The molecule has 158 valence electrons. The standard InChI is InChI=1S/C25H14Cl3NO2S/c26-15-5-9-18(19(28)13-15)22-10-7-17(31-22)8-12-25(30)29-20-3-1-2-4-23(20)32-24-11-6-16(27)14-21(24)29/h1-14H.